The third-order valence-corrected chi connectivity index (χ3v) is 6.38. The van der Waals surface area contributed by atoms with E-state index >= 15 is 0 Å². The highest BCUT2D eigenvalue weighted by molar-refractivity contribution is 6.02. The first kappa shape index (κ1) is 25.5. The Morgan fingerprint density at radius 2 is 1.74 bits per heavy atom. The van der Waals surface area contributed by atoms with Crippen molar-refractivity contribution in [3.8, 4) is 33.9 Å². The first-order valence-corrected chi connectivity index (χ1v) is 12.1. The highest BCUT2D eigenvalue weighted by Crippen LogP contribution is 2.43. The Bertz CT molecular complexity index is 1760. The second-order valence-electron chi connectivity index (χ2n) is 9.03. The smallest absolute Gasteiger partial charge is 0.341 e. The zero-order chi connectivity index (χ0) is 27.7. The largest absolute Gasteiger partial charge is 0.486 e. The van der Waals surface area contributed by atoms with Crippen LogP contribution in [0.15, 0.2) is 88.1 Å². The first-order chi connectivity index (χ1) is 18.7. The number of rotatable bonds is 8. The number of aliphatic carboxylic acids is 1. The van der Waals surface area contributed by atoms with E-state index in [1.165, 1.54) is 18.2 Å². The number of nitro benzene ring substituents is 1. The predicted octanol–water partition coefficient (Wildman–Crippen LogP) is 6.38. The second-order valence-corrected chi connectivity index (χ2v) is 9.03. The zero-order valence-corrected chi connectivity index (χ0v) is 21.0. The van der Waals surface area contributed by atoms with Gasteiger partial charge >= 0.3 is 5.97 Å². The van der Waals surface area contributed by atoms with Gasteiger partial charge in [0.25, 0.3) is 5.69 Å². The summed E-state index contributed by atoms with van der Waals surface area (Å²) in [6.07, 6.45) is -0.613. The molecule has 0 saturated carbocycles. The van der Waals surface area contributed by atoms with Crippen LogP contribution in [-0.2, 0) is 4.79 Å². The normalized spacial score (nSPS) is 11.8. The summed E-state index contributed by atoms with van der Waals surface area (Å²) in [5.41, 5.74) is 3.91. The number of carboxylic acids is 1. The van der Waals surface area contributed by atoms with Crippen LogP contribution < -0.4 is 14.9 Å². The quantitative estimate of drug-likeness (QED) is 0.140. The van der Waals surface area contributed by atoms with E-state index < -0.39 is 23.6 Å². The molecule has 1 unspecified atom stereocenters. The summed E-state index contributed by atoms with van der Waals surface area (Å²) in [5, 5.41) is 21.1. The Morgan fingerprint density at radius 1 is 1.00 bits per heavy atom. The number of hydrogen-bond acceptors (Lipinski definition) is 7. The monoisotopic (exact) mass is 525 g/mol. The van der Waals surface area contributed by atoms with Gasteiger partial charge in [-0.1, -0.05) is 18.2 Å². The first-order valence-electron chi connectivity index (χ1n) is 12.1. The van der Waals surface area contributed by atoms with Gasteiger partial charge in [-0.2, -0.15) is 0 Å². The number of aryl methyl sites for hydroxylation is 1. The summed E-state index contributed by atoms with van der Waals surface area (Å²) in [6, 6.07) is 21.6. The maximum Gasteiger partial charge on any atom is 0.341 e. The van der Waals surface area contributed by atoms with Crippen LogP contribution in [0.25, 0.3) is 33.4 Å². The Labute approximate surface area is 222 Å². The lowest BCUT2D eigenvalue weighted by atomic mass is 9.91. The summed E-state index contributed by atoms with van der Waals surface area (Å²) >= 11 is 0. The molecule has 2 aliphatic rings. The Balaban J connectivity index is 1.60. The van der Waals surface area contributed by atoms with Gasteiger partial charge in [0, 0.05) is 34.7 Å². The van der Waals surface area contributed by atoms with Gasteiger partial charge in [0.05, 0.1) is 10.5 Å². The van der Waals surface area contributed by atoms with Crippen molar-refractivity contribution in [1.82, 2.24) is 0 Å². The molecule has 3 aromatic carbocycles. The number of nitro groups is 1. The summed E-state index contributed by atoms with van der Waals surface area (Å²) in [4.78, 5) is 34.1. The van der Waals surface area contributed by atoms with Crippen molar-refractivity contribution in [2.45, 2.75) is 20.0 Å². The predicted molar refractivity (Wildman–Crippen MR) is 145 cm³/mol. The van der Waals surface area contributed by atoms with Crippen LogP contribution in [0.4, 0.5) is 5.69 Å². The molecule has 0 spiro atoms. The molecular formula is C30H23NO8. The molecule has 39 heavy (non-hydrogen) atoms. The van der Waals surface area contributed by atoms with Crippen LogP contribution in [0.3, 0.4) is 0 Å². The Kier molecular flexibility index (Phi) is 6.72. The number of carboxylic acid groups (broad SMARTS) is 1. The van der Waals surface area contributed by atoms with Crippen LogP contribution in [0, 0.1) is 17.0 Å². The number of carbonyl (C=O) groups is 1. The molecule has 9 nitrogen and oxygen atoms in total. The molecule has 0 radical (unpaired) electrons. The summed E-state index contributed by atoms with van der Waals surface area (Å²) in [7, 11) is 0. The third kappa shape index (κ3) is 5.15. The minimum atomic E-state index is -1.07. The van der Waals surface area contributed by atoms with Crippen LogP contribution in [0.5, 0.6) is 11.5 Å². The lowest BCUT2D eigenvalue weighted by Crippen LogP contribution is -2.09. The van der Waals surface area contributed by atoms with Crippen LogP contribution in [-0.4, -0.2) is 22.6 Å². The Morgan fingerprint density at radius 3 is 2.49 bits per heavy atom. The van der Waals surface area contributed by atoms with Crippen LogP contribution >= 0.6 is 0 Å². The van der Waals surface area contributed by atoms with Gasteiger partial charge in [-0.25, -0.2) is 4.79 Å². The fraction of sp³-hybridized carbons (Fsp3) is 0.133. The fourth-order valence-electron chi connectivity index (χ4n) is 4.63. The lowest BCUT2D eigenvalue weighted by molar-refractivity contribution is -0.386. The third-order valence-electron chi connectivity index (χ3n) is 6.38. The van der Waals surface area contributed by atoms with E-state index in [2.05, 4.69) is 0 Å². The van der Waals surface area contributed by atoms with E-state index in [1.54, 1.807) is 55.5 Å². The molecule has 1 aliphatic carbocycles. The van der Waals surface area contributed by atoms with Crippen molar-refractivity contribution in [2.24, 2.45) is 0 Å². The van der Waals surface area contributed by atoms with Gasteiger partial charge in [0.1, 0.15) is 28.9 Å². The lowest BCUT2D eigenvalue weighted by Gasteiger charge is -2.19. The number of ether oxygens (including phenoxy) is 2. The molecule has 0 saturated heterocycles. The van der Waals surface area contributed by atoms with E-state index in [0.717, 1.165) is 27.6 Å². The van der Waals surface area contributed by atoms with Gasteiger partial charge in [0.2, 0.25) is 0 Å². The molecule has 1 N–H and O–H groups in total. The van der Waals surface area contributed by atoms with E-state index in [1.807, 2.05) is 19.1 Å². The molecule has 1 aliphatic heterocycles. The van der Waals surface area contributed by atoms with Crippen molar-refractivity contribution in [2.75, 3.05) is 6.61 Å². The molecule has 1 heterocycles. The highest BCUT2D eigenvalue weighted by Gasteiger charge is 2.22. The number of nitrogens with zero attached hydrogens (tertiary/aromatic N) is 1. The standard InChI is InChI=1S/C30H23NO8/c1-17-13-20(37-16-29(33)34)8-11-22(17)30-24-10-7-19(32)14-27(24)39-28-15-21(9-12-25(28)30)38-18(2)23-5-3-4-6-26(23)31(35)36/h3-15,18H,16H2,1-2H3,(H,33,34). The van der Waals surface area contributed by atoms with Gasteiger partial charge in [0.15, 0.2) is 12.0 Å². The molecule has 9 heteroatoms. The van der Waals surface area contributed by atoms with Crippen molar-refractivity contribution in [3.63, 3.8) is 0 Å². The average Bonchev–Trinajstić information content (AvgIpc) is 2.90. The van der Waals surface area contributed by atoms with Crippen molar-refractivity contribution >= 4 is 22.6 Å². The topological polar surface area (TPSA) is 129 Å². The number of fused-ring (bicyclic) bond motifs is 2. The molecular weight excluding hydrogens is 502 g/mol. The van der Waals surface area contributed by atoms with Crippen molar-refractivity contribution in [3.05, 3.63) is 110 Å². The highest BCUT2D eigenvalue weighted by atomic mass is 16.6. The van der Waals surface area contributed by atoms with E-state index in [-0.39, 0.29) is 11.1 Å². The molecule has 3 aromatic rings. The molecule has 1 atom stereocenters. The SMILES string of the molecule is Cc1cc(OCC(=O)O)ccc1-c1c2ccc(=O)cc-2oc2cc(OC(C)c3ccccc3[N+](=O)[O-])ccc12. The number of para-hydroxylation sites is 1. The molecule has 0 fully saturated rings. The average molecular weight is 526 g/mol. The number of hydrogen-bond donors (Lipinski definition) is 1. The molecule has 0 bridgehead atoms. The van der Waals surface area contributed by atoms with E-state index in [0.29, 0.717) is 28.4 Å². The maximum absolute atomic E-state index is 12.2. The van der Waals surface area contributed by atoms with Gasteiger partial charge < -0.3 is 19.0 Å². The molecule has 5 rings (SSSR count). The zero-order valence-electron chi connectivity index (χ0n) is 21.0. The summed E-state index contributed by atoms with van der Waals surface area (Å²) in [6.45, 7) is 3.17. The maximum atomic E-state index is 12.2. The Hall–Kier alpha value is -5.18. The summed E-state index contributed by atoms with van der Waals surface area (Å²) < 4.78 is 17.5. The second kappa shape index (κ2) is 10.3. The van der Waals surface area contributed by atoms with Gasteiger partial charge in [-0.3, -0.25) is 14.9 Å². The molecule has 0 amide bonds. The molecule has 0 aromatic heterocycles. The van der Waals surface area contributed by atoms with Crippen LogP contribution in [0.2, 0.25) is 0 Å². The minimum Gasteiger partial charge on any atom is -0.486 e. The van der Waals surface area contributed by atoms with Crippen molar-refractivity contribution in [1.29, 1.82) is 0 Å². The summed E-state index contributed by atoms with van der Waals surface area (Å²) in [5.74, 6) is 0.185. The van der Waals surface area contributed by atoms with Gasteiger partial charge in [-0.05, 0) is 67.4 Å². The number of benzene rings is 4. The van der Waals surface area contributed by atoms with Crippen LogP contribution in [0.1, 0.15) is 24.2 Å². The molecule has 196 valence electrons. The minimum absolute atomic E-state index is 0.0296. The fourth-order valence-corrected chi connectivity index (χ4v) is 4.63. The van der Waals surface area contributed by atoms with E-state index in [4.69, 9.17) is 19.0 Å². The van der Waals surface area contributed by atoms with Gasteiger partial charge in [-0.15, -0.1) is 0 Å². The van der Waals surface area contributed by atoms with E-state index in [9.17, 15) is 19.7 Å². The van der Waals surface area contributed by atoms with Crippen molar-refractivity contribution < 1.29 is 28.7 Å².